The van der Waals surface area contributed by atoms with Crippen LogP contribution in [-0.2, 0) is 4.74 Å². The molecular formula is C34H41ClFN7O3. The molecule has 10 nitrogen and oxygen atoms in total. The van der Waals surface area contributed by atoms with Crippen molar-refractivity contribution in [2.75, 3.05) is 45.2 Å². The number of ether oxygens (including phenoxy) is 2. The maximum absolute atomic E-state index is 16.2. The highest BCUT2D eigenvalue weighted by molar-refractivity contribution is 6.36. The predicted octanol–water partition coefficient (Wildman–Crippen LogP) is 5.88. The molecule has 2 aromatic carbocycles. The lowest BCUT2D eigenvalue weighted by Crippen LogP contribution is -2.57. The van der Waals surface area contributed by atoms with Gasteiger partial charge in [-0.3, -0.25) is 9.88 Å². The van der Waals surface area contributed by atoms with E-state index < -0.39 is 11.4 Å². The standard InChI is InChI=1S/C29H29ClFN5O3.C5H12N2/c1-29(2,3)39-28(37)36-17-11-12-18(36)15-35(14-17)26-20-13-32-24(23(31)25(20)33-27(34-26)38-4)19-9-5-7-16-8-6-10-21(30)22(16)19;1-7-3-2-5(6)4-7/h5-10,13,17-18H,11-12,14-15H2,1-4H3;5H,2-4,6H2,1H3. The number of halogens is 2. The number of anilines is 1. The number of aromatic nitrogens is 3. The number of benzene rings is 2. The first-order valence-corrected chi connectivity index (χ1v) is 16.1. The zero-order valence-electron chi connectivity index (χ0n) is 27.0. The average molecular weight is 650 g/mol. The van der Waals surface area contributed by atoms with E-state index in [1.165, 1.54) is 20.1 Å². The number of methoxy groups -OCH3 is 1. The molecule has 3 saturated heterocycles. The van der Waals surface area contributed by atoms with Gasteiger partial charge < -0.3 is 25.0 Å². The minimum Gasteiger partial charge on any atom is -0.467 e. The number of hydrogen-bond donors (Lipinski definition) is 1. The van der Waals surface area contributed by atoms with E-state index >= 15 is 4.39 Å². The molecule has 2 bridgehead atoms. The zero-order chi connectivity index (χ0) is 32.7. The maximum atomic E-state index is 16.2. The summed E-state index contributed by atoms with van der Waals surface area (Å²) in [5.41, 5.74) is 5.87. The fraction of sp³-hybridized carbons (Fsp3) is 0.471. The molecular weight excluding hydrogens is 609 g/mol. The summed E-state index contributed by atoms with van der Waals surface area (Å²) in [6.45, 7) is 8.93. The molecule has 2 aromatic heterocycles. The second kappa shape index (κ2) is 12.8. The lowest BCUT2D eigenvalue weighted by atomic mass is 10.0. The van der Waals surface area contributed by atoms with Crippen molar-refractivity contribution in [2.24, 2.45) is 5.73 Å². The van der Waals surface area contributed by atoms with Crippen molar-refractivity contribution in [3.63, 3.8) is 0 Å². The molecule has 0 radical (unpaired) electrons. The third-order valence-corrected chi connectivity index (χ3v) is 9.06. The maximum Gasteiger partial charge on any atom is 0.410 e. The second-order valence-electron chi connectivity index (χ2n) is 13.3. The van der Waals surface area contributed by atoms with Gasteiger partial charge in [0.1, 0.15) is 22.6 Å². The van der Waals surface area contributed by atoms with Gasteiger partial charge in [0.15, 0.2) is 5.82 Å². The number of nitrogens with two attached hydrogens (primary N) is 1. The number of carbonyl (C=O) groups excluding carboxylic acids is 1. The Balaban J connectivity index is 0.000000471. The van der Waals surface area contributed by atoms with E-state index in [1.54, 1.807) is 18.3 Å². The van der Waals surface area contributed by atoms with Crippen LogP contribution in [0.2, 0.25) is 5.02 Å². The topological polar surface area (TPSA) is 110 Å². The highest BCUT2D eigenvalue weighted by atomic mass is 35.5. The summed E-state index contributed by atoms with van der Waals surface area (Å²) in [7, 11) is 3.56. The van der Waals surface area contributed by atoms with Crippen molar-refractivity contribution in [3.05, 3.63) is 53.4 Å². The molecule has 2 N–H and O–H groups in total. The molecule has 7 rings (SSSR count). The molecule has 0 saturated carbocycles. The molecule has 3 aliphatic rings. The van der Waals surface area contributed by atoms with Crippen LogP contribution >= 0.6 is 11.6 Å². The van der Waals surface area contributed by atoms with Crippen molar-refractivity contribution < 1.29 is 18.7 Å². The van der Waals surface area contributed by atoms with Gasteiger partial charge in [-0.25, -0.2) is 9.18 Å². The summed E-state index contributed by atoms with van der Waals surface area (Å²) in [5.74, 6) is -0.0382. The third kappa shape index (κ3) is 6.41. The van der Waals surface area contributed by atoms with Crippen LogP contribution in [0.15, 0.2) is 42.6 Å². The third-order valence-electron chi connectivity index (χ3n) is 8.75. The van der Waals surface area contributed by atoms with Crippen molar-refractivity contribution >= 4 is 45.2 Å². The van der Waals surface area contributed by atoms with E-state index in [1.807, 2.05) is 49.9 Å². The van der Waals surface area contributed by atoms with Gasteiger partial charge in [0, 0.05) is 47.8 Å². The van der Waals surface area contributed by atoms with Gasteiger partial charge in [-0.15, -0.1) is 0 Å². The fourth-order valence-electron chi connectivity index (χ4n) is 6.69. The number of rotatable bonds is 3. The van der Waals surface area contributed by atoms with Crippen molar-refractivity contribution in [1.29, 1.82) is 0 Å². The first-order chi connectivity index (χ1) is 21.9. The van der Waals surface area contributed by atoms with E-state index in [-0.39, 0.29) is 35.4 Å². The molecule has 244 valence electrons. The van der Waals surface area contributed by atoms with Crippen LogP contribution in [0.3, 0.4) is 0 Å². The number of fused-ring (bicyclic) bond motifs is 4. The number of likely N-dealkylation sites (tertiary alicyclic amines) is 1. The molecule has 3 fully saturated rings. The molecule has 1 amide bonds. The van der Waals surface area contributed by atoms with Crippen LogP contribution in [0, 0.1) is 5.82 Å². The number of likely N-dealkylation sites (N-methyl/N-ethyl adjacent to an activating group) is 1. The summed E-state index contributed by atoms with van der Waals surface area (Å²) in [6, 6.07) is 11.6. The minimum absolute atomic E-state index is 0.0375. The Morgan fingerprint density at radius 2 is 1.74 bits per heavy atom. The molecule has 0 spiro atoms. The summed E-state index contributed by atoms with van der Waals surface area (Å²) >= 11 is 6.52. The molecule has 3 unspecified atom stereocenters. The van der Waals surface area contributed by atoms with E-state index in [4.69, 9.17) is 26.8 Å². The van der Waals surface area contributed by atoms with Crippen molar-refractivity contribution in [1.82, 2.24) is 24.8 Å². The van der Waals surface area contributed by atoms with Crippen LogP contribution in [0.25, 0.3) is 32.9 Å². The molecule has 12 heteroatoms. The quantitative estimate of drug-likeness (QED) is 0.291. The van der Waals surface area contributed by atoms with Gasteiger partial charge in [-0.1, -0.05) is 41.9 Å². The van der Waals surface area contributed by atoms with Gasteiger partial charge in [-0.05, 0) is 65.1 Å². The van der Waals surface area contributed by atoms with Crippen molar-refractivity contribution in [2.45, 2.75) is 63.8 Å². The average Bonchev–Trinajstić information content (AvgIpc) is 3.53. The largest absolute Gasteiger partial charge is 0.467 e. The van der Waals surface area contributed by atoms with E-state index in [0.29, 0.717) is 40.9 Å². The second-order valence-corrected chi connectivity index (χ2v) is 13.8. The lowest BCUT2D eigenvalue weighted by Gasteiger charge is -2.42. The Bertz CT molecular complexity index is 1740. The van der Waals surface area contributed by atoms with Gasteiger partial charge in [0.25, 0.3) is 0 Å². The first-order valence-electron chi connectivity index (χ1n) is 15.7. The van der Waals surface area contributed by atoms with Gasteiger partial charge in [-0.2, -0.15) is 9.97 Å². The minimum atomic E-state index is -0.572. The summed E-state index contributed by atoms with van der Waals surface area (Å²) in [5, 5.41) is 2.61. The van der Waals surface area contributed by atoms with Crippen LogP contribution in [0.5, 0.6) is 6.01 Å². The van der Waals surface area contributed by atoms with Crippen LogP contribution in [0.1, 0.15) is 40.0 Å². The number of carbonyl (C=O) groups is 1. The van der Waals surface area contributed by atoms with E-state index in [0.717, 1.165) is 30.2 Å². The number of piperazine rings is 1. The monoisotopic (exact) mass is 649 g/mol. The highest BCUT2D eigenvalue weighted by Crippen LogP contribution is 2.39. The van der Waals surface area contributed by atoms with E-state index in [2.05, 4.69) is 31.8 Å². The van der Waals surface area contributed by atoms with Crippen LogP contribution in [-0.4, -0.2) is 94.9 Å². The SMILES string of the molecule is CN1CCC(N)C1.COc1nc(N2CC3CCC(C2)N3C(=O)OC(C)(C)C)c2cnc(-c3cccc4cccc(Cl)c34)c(F)c2n1. The molecule has 5 heterocycles. The van der Waals surface area contributed by atoms with Crippen molar-refractivity contribution in [3.8, 4) is 17.3 Å². The summed E-state index contributed by atoms with van der Waals surface area (Å²) in [4.78, 5) is 32.7. The Morgan fingerprint density at radius 1 is 1.04 bits per heavy atom. The highest BCUT2D eigenvalue weighted by Gasteiger charge is 2.45. The molecule has 46 heavy (non-hydrogen) atoms. The molecule has 3 atom stereocenters. The number of hydrogen-bond acceptors (Lipinski definition) is 9. The van der Waals surface area contributed by atoms with Gasteiger partial charge >= 0.3 is 12.1 Å². The molecule has 0 aliphatic carbocycles. The van der Waals surface area contributed by atoms with Crippen LogP contribution in [0.4, 0.5) is 15.0 Å². The Kier molecular flexibility index (Phi) is 8.93. The predicted molar refractivity (Wildman–Crippen MR) is 179 cm³/mol. The smallest absolute Gasteiger partial charge is 0.410 e. The van der Waals surface area contributed by atoms with Crippen LogP contribution < -0.4 is 15.4 Å². The number of amides is 1. The fourth-order valence-corrected chi connectivity index (χ4v) is 6.98. The van der Waals surface area contributed by atoms with Gasteiger partial charge in [0.05, 0.1) is 24.6 Å². The van der Waals surface area contributed by atoms with Gasteiger partial charge in [0.2, 0.25) is 0 Å². The molecule has 4 aromatic rings. The Hall–Kier alpha value is -3.80. The lowest BCUT2D eigenvalue weighted by molar-refractivity contribution is 0.0123. The molecule has 3 aliphatic heterocycles. The summed E-state index contributed by atoms with van der Waals surface area (Å²) in [6.07, 6.45) is 4.21. The normalized spacial score (nSPS) is 21.4. The summed E-state index contributed by atoms with van der Waals surface area (Å²) < 4.78 is 27.3. The number of pyridine rings is 1. The first kappa shape index (κ1) is 32.2. The Labute approximate surface area is 273 Å². The van der Waals surface area contributed by atoms with E-state index in [9.17, 15) is 4.79 Å². The Morgan fingerprint density at radius 3 is 2.33 bits per heavy atom. The zero-order valence-corrected chi connectivity index (χ0v) is 27.7. The number of nitrogens with zero attached hydrogens (tertiary/aromatic N) is 6.